The summed E-state index contributed by atoms with van der Waals surface area (Å²) >= 11 is 6.40. The summed E-state index contributed by atoms with van der Waals surface area (Å²) < 4.78 is 6.05. The van der Waals surface area contributed by atoms with E-state index in [1.807, 2.05) is 0 Å². The summed E-state index contributed by atoms with van der Waals surface area (Å²) in [4.78, 5) is 21.2. The van der Waals surface area contributed by atoms with Gasteiger partial charge in [-0.1, -0.05) is 0 Å². The summed E-state index contributed by atoms with van der Waals surface area (Å²) in [5.41, 5.74) is 0.500. The molecule has 5 heteroatoms. The van der Waals surface area contributed by atoms with Gasteiger partial charge in [-0.05, 0) is 44.0 Å². The van der Waals surface area contributed by atoms with Crippen molar-refractivity contribution in [1.29, 1.82) is 0 Å². The van der Waals surface area contributed by atoms with Crippen LogP contribution < -0.4 is 4.74 Å². The van der Waals surface area contributed by atoms with Gasteiger partial charge < -0.3 is 4.74 Å². The molecule has 0 N–H and O–H groups in total. The van der Waals surface area contributed by atoms with Gasteiger partial charge in [-0.25, -0.2) is 0 Å². The molecule has 0 atom stereocenters. The van der Waals surface area contributed by atoms with E-state index in [1.165, 1.54) is 6.92 Å². The highest BCUT2D eigenvalue weighted by Crippen LogP contribution is 2.34. The Labute approximate surface area is 97.7 Å². The smallest absolute Gasteiger partial charge is 0.308 e. The zero-order valence-electron chi connectivity index (χ0n) is 7.21. The van der Waals surface area contributed by atoms with E-state index in [1.54, 1.807) is 12.1 Å². The number of hydrogen-bond acceptors (Lipinski definition) is 3. The van der Waals surface area contributed by atoms with E-state index in [-0.39, 0.29) is 0 Å². The third kappa shape index (κ3) is 2.65. The van der Waals surface area contributed by atoms with Gasteiger partial charge in [-0.2, -0.15) is 0 Å². The van der Waals surface area contributed by atoms with Crippen LogP contribution in [0.1, 0.15) is 17.3 Å². The summed E-state index contributed by atoms with van der Waals surface area (Å²) in [5, 5.41) is 0. The van der Waals surface area contributed by atoms with Crippen LogP contribution in [0.2, 0.25) is 0 Å². The zero-order chi connectivity index (χ0) is 10.7. The van der Waals surface area contributed by atoms with Crippen LogP contribution in [0.3, 0.4) is 0 Å². The predicted octanol–water partition coefficient (Wildman–Crippen LogP) is 2.95. The highest BCUT2D eigenvalue weighted by Gasteiger charge is 2.10. The number of ether oxygens (including phenoxy) is 1. The lowest BCUT2D eigenvalue weighted by Gasteiger charge is -2.06. The number of benzene rings is 1. The minimum absolute atomic E-state index is 0.378. The molecule has 0 unspecified atom stereocenters. The molecule has 0 fully saturated rings. The molecule has 1 aromatic carbocycles. The van der Waals surface area contributed by atoms with Gasteiger partial charge >= 0.3 is 5.97 Å². The fraction of sp³-hybridized carbons (Fsp3) is 0.111. The van der Waals surface area contributed by atoms with Crippen molar-refractivity contribution in [3.63, 3.8) is 0 Å². The Bertz CT molecular complexity index is 365. The number of rotatable bonds is 2. The van der Waals surface area contributed by atoms with Gasteiger partial charge in [0.15, 0.2) is 5.75 Å². The molecule has 0 amide bonds. The fourth-order valence-electron chi connectivity index (χ4n) is 0.889. The number of carbonyl (C=O) groups is 2. The molecule has 0 bridgehead atoms. The van der Waals surface area contributed by atoms with E-state index in [2.05, 4.69) is 31.9 Å². The molecule has 0 spiro atoms. The first-order valence-electron chi connectivity index (χ1n) is 3.67. The largest absolute Gasteiger partial charge is 0.424 e. The lowest BCUT2D eigenvalue weighted by Crippen LogP contribution is -2.03. The molecular weight excluding hydrogens is 316 g/mol. The van der Waals surface area contributed by atoms with Crippen LogP contribution >= 0.6 is 31.9 Å². The topological polar surface area (TPSA) is 43.4 Å². The van der Waals surface area contributed by atoms with Crippen LogP contribution in [0.4, 0.5) is 0 Å². The molecule has 0 radical (unpaired) electrons. The second-order valence-corrected chi connectivity index (χ2v) is 4.23. The van der Waals surface area contributed by atoms with Crippen LogP contribution in [0.5, 0.6) is 5.75 Å². The van der Waals surface area contributed by atoms with Crippen LogP contribution in [-0.2, 0) is 4.79 Å². The van der Waals surface area contributed by atoms with Crippen LogP contribution in [0.25, 0.3) is 0 Å². The standard InChI is InChI=1S/C9H6Br2O3/c1-5(13)14-9-7(10)2-6(4-12)3-8(9)11/h2-4H,1H3. The maximum absolute atomic E-state index is 10.7. The Balaban J connectivity index is 3.17. The Morgan fingerprint density at radius 1 is 1.36 bits per heavy atom. The van der Waals surface area contributed by atoms with Crippen molar-refractivity contribution in [3.05, 3.63) is 26.6 Å². The van der Waals surface area contributed by atoms with E-state index in [9.17, 15) is 9.59 Å². The van der Waals surface area contributed by atoms with Crippen molar-refractivity contribution in [2.45, 2.75) is 6.92 Å². The van der Waals surface area contributed by atoms with Crippen molar-refractivity contribution < 1.29 is 14.3 Å². The van der Waals surface area contributed by atoms with E-state index < -0.39 is 5.97 Å². The van der Waals surface area contributed by atoms with Gasteiger partial charge in [0.25, 0.3) is 0 Å². The van der Waals surface area contributed by atoms with Crippen molar-refractivity contribution in [2.24, 2.45) is 0 Å². The molecule has 0 aliphatic rings. The quantitative estimate of drug-likeness (QED) is 0.478. The van der Waals surface area contributed by atoms with E-state index in [0.717, 1.165) is 0 Å². The van der Waals surface area contributed by atoms with Gasteiger partial charge in [-0.3, -0.25) is 9.59 Å². The first kappa shape index (κ1) is 11.4. The number of hydrogen-bond donors (Lipinski definition) is 0. The number of halogens is 2. The van der Waals surface area contributed by atoms with Gasteiger partial charge in [0, 0.05) is 12.5 Å². The molecular formula is C9H6Br2O3. The molecule has 74 valence electrons. The van der Waals surface area contributed by atoms with Crippen molar-refractivity contribution in [3.8, 4) is 5.75 Å². The third-order valence-electron chi connectivity index (χ3n) is 1.40. The number of esters is 1. The Morgan fingerprint density at radius 2 is 1.86 bits per heavy atom. The average molecular weight is 322 g/mol. The minimum Gasteiger partial charge on any atom is -0.424 e. The van der Waals surface area contributed by atoms with Crippen molar-refractivity contribution >= 4 is 44.1 Å². The first-order valence-corrected chi connectivity index (χ1v) is 5.26. The SMILES string of the molecule is CC(=O)Oc1c(Br)cc(C=O)cc1Br. The van der Waals surface area contributed by atoms with Crippen molar-refractivity contribution in [2.75, 3.05) is 0 Å². The second-order valence-electron chi connectivity index (χ2n) is 2.53. The van der Waals surface area contributed by atoms with Crippen LogP contribution in [0, 0.1) is 0 Å². The maximum Gasteiger partial charge on any atom is 0.308 e. The molecule has 14 heavy (non-hydrogen) atoms. The van der Waals surface area contributed by atoms with Gasteiger partial charge in [0.05, 0.1) is 8.95 Å². The first-order chi connectivity index (χ1) is 6.54. The molecule has 1 rings (SSSR count). The zero-order valence-corrected chi connectivity index (χ0v) is 10.4. The Kier molecular flexibility index (Phi) is 3.83. The van der Waals surface area contributed by atoms with E-state index in [0.29, 0.717) is 26.5 Å². The Morgan fingerprint density at radius 3 is 2.21 bits per heavy atom. The number of aldehydes is 1. The summed E-state index contributed by atoms with van der Waals surface area (Å²) in [7, 11) is 0. The molecule has 0 heterocycles. The summed E-state index contributed by atoms with van der Waals surface area (Å²) in [5.74, 6) is -0.0339. The monoisotopic (exact) mass is 320 g/mol. The molecule has 0 saturated carbocycles. The van der Waals surface area contributed by atoms with Gasteiger partial charge in [0.2, 0.25) is 0 Å². The molecule has 0 aliphatic carbocycles. The molecule has 0 aromatic heterocycles. The highest BCUT2D eigenvalue weighted by molar-refractivity contribution is 9.11. The highest BCUT2D eigenvalue weighted by atomic mass is 79.9. The molecule has 0 saturated heterocycles. The Hall–Kier alpha value is -0.680. The average Bonchev–Trinajstić information content (AvgIpc) is 2.10. The van der Waals surface area contributed by atoms with Crippen LogP contribution in [0.15, 0.2) is 21.1 Å². The predicted molar refractivity (Wildman–Crippen MR) is 58.5 cm³/mol. The third-order valence-corrected chi connectivity index (χ3v) is 2.58. The summed E-state index contributed by atoms with van der Waals surface area (Å²) in [6, 6.07) is 3.16. The van der Waals surface area contributed by atoms with Gasteiger partial charge in [-0.15, -0.1) is 0 Å². The summed E-state index contributed by atoms with van der Waals surface area (Å²) in [6.07, 6.45) is 0.715. The van der Waals surface area contributed by atoms with Crippen LogP contribution in [-0.4, -0.2) is 12.3 Å². The fourth-order valence-corrected chi connectivity index (χ4v) is 2.27. The molecule has 0 aliphatic heterocycles. The van der Waals surface area contributed by atoms with Crippen molar-refractivity contribution in [1.82, 2.24) is 0 Å². The lowest BCUT2D eigenvalue weighted by molar-refractivity contribution is -0.131. The number of carbonyl (C=O) groups excluding carboxylic acids is 2. The minimum atomic E-state index is -0.412. The normalized spacial score (nSPS) is 9.64. The van der Waals surface area contributed by atoms with E-state index in [4.69, 9.17) is 4.74 Å². The lowest BCUT2D eigenvalue weighted by atomic mass is 10.2. The summed E-state index contributed by atoms with van der Waals surface area (Å²) in [6.45, 7) is 1.31. The van der Waals surface area contributed by atoms with Gasteiger partial charge in [0.1, 0.15) is 6.29 Å². The van der Waals surface area contributed by atoms with E-state index >= 15 is 0 Å². The maximum atomic E-state index is 10.7. The molecule has 3 nitrogen and oxygen atoms in total. The second kappa shape index (κ2) is 4.70. The molecule has 1 aromatic rings.